The minimum atomic E-state index is -0.906. The predicted molar refractivity (Wildman–Crippen MR) is 77.9 cm³/mol. The van der Waals surface area contributed by atoms with E-state index in [4.69, 9.17) is 5.11 Å². The second kappa shape index (κ2) is 5.16. The van der Waals surface area contributed by atoms with E-state index in [2.05, 4.69) is 4.98 Å². The summed E-state index contributed by atoms with van der Waals surface area (Å²) in [4.78, 5) is 28.0. The Hall–Kier alpha value is -2.43. The Morgan fingerprint density at radius 2 is 2.10 bits per heavy atom. The fraction of sp³-hybridized carbons (Fsp3) is 0.312. The number of fused-ring (bicyclic) bond motifs is 3. The van der Waals surface area contributed by atoms with Gasteiger partial charge in [0.1, 0.15) is 5.82 Å². The molecule has 1 aromatic heterocycles. The second-order valence-electron chi connectivity index (χ2n) is 5.26. The molecule has 0 amide bonds. The van der Waals surface area contributed by atoms with E-state index in [0.29, 0.717) is 11.3 Å². The van der Waals surface area contributed by atoms with Crippen molar-refractivity contribution in [1.82, 2.24) is 9.55 Å². The zero-order valence-electron chi connectivity index (χ0n) is 11.8. The normalized spacial score (nSPS) is 12.6. The molecule has 0 bridgehead atoms. The maximum absolute atomic E-state index is 12.7. The van der Waals surface area contributed by atoms with Crippen molar-refractivity contribution < 1.29 is 9.90 Å². The Balaban J connectivity index is 2.17. The molecule has 5 nitrogen and oxygen atoms in total. The van der Waals surface area contributed by atoms with Gasteiger partial charge in [-0.05, 0) is 31.4 Å². The molecule has 108 valence electrons. The molecule has 2 heterocycles. The van der Waals surface area contributed by atoms with Crippen molar-refractivity contribution in [2.24, 2.45) is 0 Å². The van der Waals surface area contributed by atoms with E-state index in [9.17, 15) is 9.59 Å². The third-order valence-electron chi connectivity index (χ3n) is 3.89. The molecule has 21 heavy (non-hydrogen) atoms. The van der Waals surface area contributed by atoms with Gasteiger partial charge in [0.15, 0.2) is 0 Å². The lowest BCUT2D eigenvalue weighted by atomic mass is 10.0. The molecule has 0 fully saturated rings. The third kappa shape index (κ3) is 2.35. The highest BCUT2D eigenvalue weighted by molar-refractivity contribution is 5.67. The molecule has 1 aromatic carbocycles. The van der Waals surface area contributed by atoms with E-state index in [1.807, 2.05) is 24.3 Å². The van der Waals surface area contributed by atoms with E-state index < -0.39 is 5.97 Å². The van der Waals surface area contributed by atoms with E-state index in [1.54, 1.807) is 11.5 Å². The minimum absolute atomic E-state index is 0.0568. The number of aryl methyl sites for hydroxylation is 3. The van der Waals surface area contributed by atoms with Crippen LogP contribution in [0.2, 0.25) is 0 Å². The van der Waals surface area contributed by atoms with Crippen LogP contribution >= 0.6 is 0 Å². The molecule has 1 N–H and O–H groups in total. The van der Waals surface area contributed by atoms with Gasteiger partial charge in [-0.3, -0.25) is 14.2 Å². The Morgan fingerprint density at radius 3 is 2.86 bits per heavy atom. The predicted octanol–water partition coefficient (Wildman–Crippen LogP) is 1.66. The molecule has 0 saturated carbocycles. The summed E-state index contributed by atoms with van der Waals surface area (Å²) in [5.74, 6) is -0.146. The molecule has 1 aliphatic rings. The van der Waals surface area contributed by atoms with Crippen LogP contribution in [0.5, 0.6) is 0 Å². The molecule has 0 radical (unpaired) electrons. The molecule has 5 heteroatoms. The zero-order chi connectivity index (χ0) is 15.0. The standard InChI is InChI=1S/C16H16N2O3/c1-10-12(7-9-15(19)20)16(21)18-13-5-3-2-4-11(13)6-8-14(18)17-10/h2-5H,6-9H2,1H3,(H,19,20). The van der Waals surface area contributed by atoms with Crippen molar-refractivity contribution in [3.05, 3.63) is 57.3 Å². The van der Waals surface area contributed by atoms with Crippen molar-refractivity contribution in [3.63, 3.8) is 0 Å². The molecule has 3 rings (SSSR count). The third-order valence-corrected chi connectivity index (χ3v) is 3.89. The summed E-state index contributed by atoms with van der Waals surface area (Å²) < 4.78 is 1.64. The van der Waals surface area contributed by atoms with Gasteiger partial charge >= 0.3 is 5.97 Å². The van der Waals surface area contributed by atoms with Crippen molar-refractivity contribution in [2.45, 2.75) is 32.6 Å². The Labute approximate surface area is 121 Å². The Morgan fingerprint density at radius 1 is 1.33 bits per heavy atom. The van der Waals surface area contributed by atoms with E-state index in [0.717, 1.165) is 29.9 Å². The topological polar surface area (TPSA) is 72.2 Å². The number of hydrogen-bond donors (Lipinski definition) is 1. The minimum Gasteiger partial charge on any atom is -0.481 e. The summed E-state index contributed by atoms with van der Waals surface area (Å²) in [5, 5.41) is 8.82. The summed E-state index contributed by atoms with van der Waals surface area (Å²) in [7, 11) is 0. The molecule has 0 aliphatic carbocycles. The van der Waals surface area contributed by atoms with Crippen LogP contribution in [0, 0.1) is 6.92 Å². The van der Waals surface area contributed by atoms with E-state index >= 15 is 0 Å². The SMILES string of the molecule is Cc1nc2n(c(=O)c1CCC(=O)O)-c1ccccc1CC2. The fourth-order valence-electron chi connectivity index (χ4n) is 2.84. The molecular formula is C16H16N2O3. The lowest BCUT2D eigenvalue weighted by Gasteiger charge is -2.22. The van der Waals surface area contributed by atoms with E-state index in [1.165, 1.54) is 0 Å². The van der Waals surface area contributed by atoms with Gasteiger partial charge in [-0.15, -0.1) is 0 Å². The van der Waals surface area contributed by atoms with Gasteiger partial charge in [-0.1, -0.05) is 18.2 Å². The quantitative estimate of drug-likeness (QED) is 0.930. The molecule has 0 saturated heterocycles. The molecule has 0 spiro atoms. The first-order chi connectivity index (χ1) is 10.1. The number of hydrogen-bond acceptors (Lipinski definition) is 3. The first-order valence-corrected chi connectivity index (χ1v) is 6.99. The van der Waals surface area contributed by atoms with Crippen LogP contribution in [-0.4, -0.2) is 20.6 Å². The summed E-state index contributed by atoms with van der Waals surface area (Å²) in [6.45, 7) is 1.78. The molecule has 1 aliphatic heterocycles. The average molecular weight is 284 g/mol. The molecule has 0 atom stereocenters. The van der Waals surface area contributed by atoms with Crippen LogP contribution in [0.4, 0.5) is 0 Å². The van der Waals surface area contributed by atoms with Crippen LogP contribution in [0.25, 0.3) is 5.69 Å². The number of carboxylic acids is 1. The zero-order valence-corrected chi connectivity index (χ0v) is 11.8. The van der Waals surface area contributed by atoms with Crippen molar-refractivity contribution >= 4 is 5.97 Å². The van der Waals surface area contributed by atoms with Crippen molar-refractivity contribution in [1.29, 1.82) is 0 Å². The largest absolute Gasteiger partial charge is 0.481 e. The Bertz CT molecular complexity index is 778. The highest BCUT2D eigenvalue weighted by Gasteiger charge is 2.21. The summed E-state index contributed by atoms with van der Waals surface area (Å²) in [5.41, 5.74) is 3.00. The summed E-state index contributed by atoms with van der Waals surface area (Å²) in [6.07, 6.45) is 1.76. The van der Waals surface area contributed by atoms with Crippen LogP contribution in [0.15, 0.2) is 29.1 Å². The highest BCUT2D eigenvalue weighted by Crippen LogP contribution is 2.22. The molecule has 0 unspecified atom stereocenters. The van der Waals surface area contributed by atoms with Gasteiger partial charge in [0.2, 0.25) is 0 Å². The fourth-order valence-corrected chi connectivity index (χ4v) is 2.84. The van der Waals surface area contributed by atoms with Gasteiger partial charge < -0.3 is 5.11 Å². The second-order valence-corrected chi connectivity index (χ2v) is 5.26. The maximum atomic E-state index is 12.7. The lowest BCUT2D eigenvalue weighted by molar-refractivity contribution is -0.136. The number of carboxylic acid groups (broad SMARTS) is 1. The number of aromatic nitrogens is 2. The van der Waals surface area contributed by atoms with Crippen molar-refractivity contribution in [2.75, 3.05) is 0 Å². The van der Waals surface area contributed by atoms with Gasteiger partial charge in [-0.25, -0.2) is 4.98 Å². The number of para-hydroxylation sites is 1. The van der Waals surface area contributed by atoms with Gasteiger partial charge in [0, 0.05) is 24.1 Å². The number of carbonyl (C=O) groups is 1. The van der Waals surface area contributed by atoms with Crippen LogP contribution < -0.4 is 5.56 Å². The number of nitrogens with zero attached hydrogens (tertiary/aromatic N) is 2. The lowest BCUT2D eigenvalue weighted by Crippen LogP contribution is -2.31. The molecular weight excluding hydrogens is 268 g/mol. The first-order valence-electron chi connectivity index (χ1n) is 6.99. The maximum Gasteiger partial charge on any atom is 0.303 e. The van der Waals surface area contributed by atoms with Gasteiger partial charge in [0.05, 0.1) is 5.69 Å². The number of aliphatic carboxylic acids is 1. The van der Waals surface area contributed by atoms with Crippen LogP contribution in [0.1, 0.15) is 29.1 Å². The average Bonchev–Trinajstić information content (AvgIpc) is 2.46. The highest BCUT2D eigenvalue weighted by atomic mass is 16.4. The van der Waals surface area contributed by atoms with Crippen LogP contribution in [-0.2, 0) is 24.1 Å². The Kier molecular flexibility index (Phi) is 3.33. The van der Waals surface area contributed by atoms with Crippen LogP contribution in [0.3, 0.4) is 0 Å². The number of benzene rings is 1. The van der Waals surface area contributed by atoms with Gasteiger partial charge in [-0.2, -0.15) is 0 Å². The van der Waals surface area contributed by atoms with Crippen molar-refractivity contribution in [3.8, 4) is 5.69 Å². The summed E-state index contributed by atoms with van der Waals surface area (Å²) >= 11 is 0. The monoisotopic (exact) mass is 284 g/mol. The summed E-state index contributed by atoms with van der Waals surface area (Å²) in [6, 6.07) is 7.79. The first kappa shape index (κ1) is 13.5. The van der Waals surface area contributed by atoms with E-state index in [-0.39, 0.29) is 18.4 Å². The van der Waals surface area contributed by atoms with Gasteiger partial charge in [0.25, 0.3) is 5.56 Å². The number of rotatable bonds is 3. The smallest absolute Gasteiger partial charge is 0.303 e. The molecule has 2 aromatic rings.